The summed E-state index contributed by atoms with van der Waals surface area (Å²) in [6.45, 7) is 1.82. The van der Waals surface area contributed by atoms with Crippen molar-refractivity contribution in [2.24, 2.45) is 7.05 Å². The predicted octanol–water partition coefficient (Wildman–Crippen LogP) is 1.70. The van der Waals surface area contributed by atoms with E-state index in [-0.39, 0.29) is 5.56 Å². The molecular formula is C12H14N2O2. The summed E-state index contributed by atoms with van der Waals surface area (Å²) in [6.07, 6.45) is 0. The van der Waals surface area contributed by atoms with Gasteiger partial charge in [0.2, 0.25) is 0 Å². The SMILES string of the molecule is COc1ccc(-c2c(C)c(=O)[nH]n2C)cc1. The van der Waals surface area contributed by atoms with Crippen molar-refractivity contribution in [2.45, 2.75) is 6.92 Å². The van der Waals surface area contributed by atoms with Crippen molar-refractivity contribution >= 4 is 0 Å². The lowest BCUT2D eigenvalue weighted by molar-refractivity contribution is 0.415. The van der Waals surface area contributed by atoms with Crippen LogP contribution in [0.15, 0.2) is 29.1 Å². The molecule has 4 heteroatoms. The number of aromatic nitrogens is 2. The van der Waals surface area contributed by atoms with Crippen LogP contribution in [0, 0.1) is 6.92 Å². The van der Waals surface area contributed by atoms with Crippen LogP contribution < -0.4 is 10.3 Å². The molecule has 0 aliphatic carbocycles. The molecule has 4 nitrogen and oxygen atoms in total. The van der Waals surface area contributed by atoms with Crippen molar-refractivity contribution in [1.82, 2.24) is 9.78 Å². The summed E-state index contributed by atoms with van der Waals surface area (Å²) in [4.78, 5) is 11.5. The van der Waals surface area contributed by atoms with E-state index < -0.39 is 0 Å². The first-order valence-corrected chi connectivity index (χ1v) is 5.03. The Bertz CT molecular complexity index is 549. The summed E-state index contributed by atoms with van der Waals surface area (Å²) < 4.78 is 6.83. The molecule has 0 fully saturated rings. The van der Waals surface area contributed by atoms with E-state index in [1.165, 1.54) is 0 Å². The number of H-pyrrole nitrogens is 1. The average molecular weight is 218 g/mol. The Morgan fingerprint density at radius 1 is 1.25 bits per heavy atom. The highest BCUT2D eigenvalue weighted by atomic mass is 16.5. The van der Waals surface area contributed by atoms with Gasteiger partial charge >= 0.3 is 0 Å². The number of ether oxygens (including phenoxy) is 1. The highest BCUT2D eigenvalue weighted by molar-refractivity contribution is 5.63. The molecule has 16 heavy (non-hydrogen) atoms. The van der Waals surface area contributed by atoms with Crippen LogP contribution in [-0.2, 0) is 7.05 Å². The predicted molar refractivity (Wildman–Crippen MR) is 62.8 cm³/mol. The van der Waals surface area contributed by atoms with Crippen LogP contribution in [0.3, 0.4) is 0 Å². The highest BCUT2D eigenvalue weighted by Gasteiger charge is 2.10. The maximum absolute atomic E-state index is 11.5. The summed E-state index contributed by atoms with van der Waals surface area (Å²) >= 11 is 0. The van der Waals surface area contributed by atoms with Gasteiger partial charge in [-0.25, -0.2) is 0 Å². The molecule has 1 heterocycles. The quantitative estimate of drug-likeness (QED) is 0.833. The van der Waals surface area contributed by atoms with Crippen molar-refractivity contribution in [3.05, 3.63) is 40.2 Å². The molecule has 0 unspecified atom stereocenters. The second-order valence-electron chi connectivity index (χ2n) is 3.70. The van der Waals surface area contributed by atoms with Crippen molar-refractivity contribution in [1.29, 1.82) is 0 Å². The Hall–Kier alpha value is -1.97. The third kappa shape index (κ3) is 1.62. The van der Waals surface area contributed by atoms with Gasteiger partial charge in [-0.05, 0) is 31.2 Å². The minimum Gasteiger partial charge on any atom is -0.497 e. The molecule has 1 aromatic heterocycles. The molecule has 84 valence electrons. The Labute approximate surface area is 93.5 Å². The van der Waals surface area contributed by atoms with Crippen LogP contribution >= 0.6 is 0 Å². The highest BCUT2D eigenvalue weighted by Crippen LogP contribution is 2.22. The van der Waals surface area contributed by atoms with E-state index in [0.29, 0.717) is 0 Å². The number of rotatable bonds is 2. The molecule has 0 radical (unpaired) electrons. The van der Waals surface area contributed by atoms with Gasteiger partial charge in [0.15, 0.2) is 0 Å². The number of hydrogen-bond donors (Lipinski definition) is 1. The van der Waals surface area contributed by atoms with E-state index in [9.17, 15) is 4.79 Å². The van der Waals surface area contributed by atoms with E-state index >= 15 is 0 Å². The first-order chi connectivity index (χ1) is 7.63. The number of benzene rings is 1. The van der Waals surface area contributed by atoms with Crippen LogP contribution in [0.2, 0.25) is 0 Å². The van der Waals surface area contributed by atoms with Gasteiger partial charge in [-0.3, -0.25) is 14.6 Å². The van der Waals surface area contributed by atoms with Crippen LogP contribution in [0.1, 0.15) is 5.56 Å². The maximum Gasteiger partial charge on any atom is 0.267 e. The van der Waals surface area contributed by atoms with Crippen molar-refractivity contribution in [2.75, 3.05) is 7.11 Å². The third-order valence-corrected chi connectivity index (χ3v) is 2.66. The zero-order valence-electron chi connectivity index (χ0n) is 9.57. The molecule has 0 saturated carbocycles. The fourth-order valence-electron chi connectivity index (χ4n) is 1.81. The molecule has 1 aromatic carbocycles. The minimum absolute atomic E-state index is 0.0479. The van der Waals surface area contributed by atoms with Gasteiger partial charge < -0.3 is 4.74 Å². The van der Waals surface area contributed by atoms with Gasteiger partial charge in [0.1, 0.15) is 5.75 Å². The van der Waals surface area contributed by atoms with E-state index in [1.54, 1.807) is 11.8 Å². The molecule has 0 bridgehead atoms. The third-order valence-electron chi connectivity index (χ3n) is 2.66. The number of nitrogens with zero attached hydrogens (tertiary/aromatic N) is 1. The van der Waals surface area contributed by atoms with Crippen LogP contribution in [-0.4, -0.2) is 16.9 Å². The standard InChI is InChI=1S/C12H14N2O2/c1-8-11(14(2)13-12(8)15)9-4-6-10(16-3)7-5-9/h4-7H,1-3H3,(H,13,15). The van der Waals surface area contributed by atoms with E-state index in [0.717, 1.165) is 22.6 Å². The molecule has 0 saturated heterocycles. The topological polar surface area (TPSA) is 47.0 Å². The van der Waals surface area contributed by atoms with Crippen molar-refractivity contribution < 1.29 is 4.74 Å². The first-order valence-electron chi connectivity index (χ1n) is 5.03. The number of methoxy groups -OCH3 is 1. The van der Waals surface area contributed by atoms with Crippen LogP contribution in [0.25, 0.3) is 11.3 Å². The first kappa shape index (κ1) is 10.5. The zero-order valence-corrected chi connectivity index (χ0v) is 9.57. The van der Waals surface area contributed by atoms with Crippen LogP contribution in [0.5, 0.6) is 5.75 Å². The summed E-state index contributed by atoms with van der Waals surface area (Å²) in [5, 5.41) is 2.73. The smallest absolute Gasteiger partial charge is 0.267 e. The zero-order chi connectivity index (χ0) is 11.7. The van der Waals surface area contributed by atoms with Gasteiger partial charge in [0, 0.05) is 18.2 Å². The Kier molecular flexibility index (Phi) is 2.56. The lowest BCUT2D eigenvalue weighted by Crippen LogP contribution is -2.03. The van der Waals surface area contributed by atoms with Crippen LogP contribution in [0.4, 0.5) is 0 Å². The van der Waals surface area contributed by atoms with Gasteiger partial charge in [-0.15, -0.1) is 0 Å². The summed E-state index contributed by atoms with van der Waals surface area (Å²) in [5.41, 5.74) is 2.59. The largest absolute Gasteiger partial charge is 0.497 e. The monoisotopic (exact) mass is 218 g/mol. The van der Waals surface area contributed by atoms with Crippen molar-refractivity contribution in [3.63, 3.8) is 0 Å². The lowest BCUT2D eigenvalue weighted by atomic mass is 10.1. The normalized spacial score (nSPS) is 10.4. The number of aryl methyl sites for hydroxylation is 1. The second kappa shape index (κ2) is 3.89. The summed E-state index contributed by atoms with van der Waals surface area (Å²) in [7, 11) is 3.46. The molecule has 0 spiro atoms. The molecule has 0 amide bonds. The van der Waals surface area contributed by atoms with Gasteiger partial charge in [-0.2, -0.15) is 0 Å². The Morgan fingerprint density at radius 3 is 2.31 bits per heavy atom. The molecular weight excluding hydrogens is 204 g/mol. The maximum atomic E-state index is 11.5. The summed E-state index contributed by atoms with van der Waals surface area (Å²) in [5.74, 6) is 0.807. The fourth-order valence-corrected chi connectivity index (χ4v) is 1.81. The molecule has 0 aliphatic heterocycles. The number of hydrogen-bond acceptors (Lipinski definition) is 2. The molecule has 2 rings (SSSR count). The molecule has 1 N–H and O–H groups in total. The molecule has 2 aromatic rings. The van der Waals surface area contributed by atoms with Crippen molar-refractivity contribution in [3.8, 4) is 17.0 Å². The molecule has 0 aliphatic rings. The molecule has 0 atom stereocenters. The van der Waals surface area contributed by atoms with E-state index in [2.05, 4.69) is 5.10 Å². The summed E-state index contributed by atoms with van der Waals surface area (Å²) in [6, 6.07) is 7.64. The Balaban J connectivity index is 2.54. The van der Waals surface area contributed by atoms with E-state index in [4.69, 9.17) is 4.74 Å². The minimum atomic E-state index is -0.0479. The Morgan fingerprint density at radius 2 is 1.88 bits per heavy atom. The van der Waals surface area contributed by atoms with E-state index in [1.807, 2.05) is 38.2 Å². The second-order valence-corrected chi connectivity index (χ2v) is 3.70. The van der Waals surface area contributed by atoms with Gasteiger partial charge in [0.05, 0.1) is 12.8 Å². The lowest BCUT2D eigenvalue weighted by Gasteiger charge is -2.05. The number of aromatic amines is 1. The van der Waals surface area contributed by atoms with Gasteiger partial charge in [0.25, 0.3) is 5.56 Å². The fraction of sp³-hybridized carbons (Fsp3) is 0.250. The number of nitrogens with one attached hydrogen (secondary N) is 1. The average Bonchev–Trinajstić information content (AvgIpc) is 2.54. The van der Waals surface area contributed by atoms with Gasteiger partial charge in [-0.1, -0.05) is 0 Å².